The highest BCUT2D eigenvalue weighted by atomic mass is 32.2. The number of rotatable bonds is 7. The first kappa shape index (κ1) is 20.9. The first-order chi connectivity index (χ1) is 13.9. The molecule has 0 saturated heterocycles. The van der Waals surface area contributed by atoms with E-state index in [1.165, 1.54) is 16.7 Å². The summed E-state index contributed by atoms with van der Waals surface area (Å²) in [5.74, 6) is -0.0856. The van der Waals surface area contributed by atoms with Gasteiger partial charge in [0.25, 0.3) is 0 Å². The van der Waals surface area contributed by atoms with E-state index in [0.717, 1.165) is 39.5 Å². The van der Waals surface area contributed by atoms with Gasteiger partial charge in [-0.1, -0.05) is 36.0 Å². The van der Waals surface area contributed by atoms with Crippen molar-refractivity contribution in [1.82, 2.24) is 14.5 Å². The van der Waals surface area contributed by atoms with E-state index in [9.17, 15) is 9.59 Å². The lowest BCUT2D eigenvalue weighted by molar-refractivity contribution is -0.131. The second kappa shape index (κ2) is 9.13. The van der Waals surface area contributed by atoms with Gasteiger partial charge in [0.2, 0.25) is 11.8 Å². The Morgan fingerprint density at radius 1 is 1.14 bits per heavy atom. The van der Waals surface area contributed by atoms with Crippen LogP contribution in [0.15, 0.2) is 47.6 Å². The van der Waals surface area contributed by atoms with Crippen LogP contribution in [0.1, 0.15) is 18.1 Å². The zero-order valence-electron chi connectivity index (χ0n) is 17.2. The number of aryl methyl sites for hydroxylation is 2. The molecule has 0 aliphatic heterocycles. The Bertz CT molecular complexity index is 1040. The van der Waals surface area contributed by atoms with Gasteiger partial charge in [0.15, 0.2) is 5.16 Å². The highest BCUT2D eigenvalue weighted by Crippen LogP contribution is 2.24. The number of thioether (sulfide) groups is 1. The molecule has 0 aliphatic carbocycles. The summed E-state index contributed by atoms with van der Waals surface area (Å²) in [5.41, 5.74) is 4.91. The molecule has 7 heteroatoms. The number of anilines is 1. The molecule has 1 N–H and O–H groups in total. The van der Waals surface area contributed by atoms with Crippen molar-refractivity contribution in [2.24, 2.45) is 0 Å². The molecule has 1 aromatic heterocycles. The van der Waals surface area contributed by atoms with E-state index in [1.54, 1.807) is 7.05 Å². The molecule has 0 bridgehead atoms. The summed E-state index contributed by atoms with van der Waals surface area (Å²) in [6, 6.07) is 13.7. The average Bonchev–Trinajstić information content (AvgIpc) is 3.07. The molecule has 0 aliphatic rings. The molecule has 3 rings (SSSR count). The SMILES string of the molecule is CCn1c(SCC(=O)N(C)CC(=O)Nc2cccc(C)c2C)nc2ccccc21. The van der Waals surface area contributed by atoms with Crippen LogP contribution in [0.3, 0.4) is 0 Å². The Kier molecular flexibility index (Phi) is 6.59. The summed E-state index contributed by atoms with van der Waals surface area (Å²) in [5, 5.41) is 3.71. The summed E-state index contributed by atoms with van der Waals surface area (Å²) >= 11 is 1.40. The number of carbonyl (C=O) groups excluding carboxylic acids is 2. The Balaban J connectivity index is 1.58. The predicted molar refractivity (Wildman–Crippen MR) is 118 cm³/mol. The molecular weight excluding hydrogens is 384 g/mol. The van der Waals surface area contributed by atoms with Crippen LogP contribution in [0.25, 0.3) is 11.0 Å². The average molecular weight is 411 g/mol. The molecule has 0 atom stereocenters. The van der Waals surface area contributed by atoms with E-state index in [-0.39, 0.29) is 24.1 Å². The van der Waals surface area contributed by atoms with Crippen molar-refractivity contribution < 1.29 is 9.59 Å². The number of hydrogen-bond acceptors (Lipinski definition) is 4. The lowest BCUT2D eigenvalue weighted by atomic mass is 10.1. The van der Waals surface area contributed by atoms with Gasteiger partial charge < -0.3 is 14.8 Å². The largest absolute Gasteiger partial charge is 0.336 e. The summed E-state index contributed by atoms with van der Waals surface area (Å²) in [4.78, 5) is 31.0. The number of likely N-dealkylation sites (N-methyl/N-ethyl adjacent to an activating group) is 1. The normalized spacial score (nSPS) is 10.9. The predicted octanol–water partition coefficient (Wildman–Crippen LogP) is 3.86. The number of imidazole rings is 1. The fourth-order valence-corrected chi connectivity index (χ4v) is 4.10. The number of benzene rings is 2. The molecule has 0 fully saturated rings. The Labute approximate surface area is 175 Å². The molecule has 0 unspecified atom stereocenters. The Hall–Kier alpha value is -2.80. The van der Waals surface area contributed by atoms with Crippen LogP contribution < -0.4 is 5.32 Å². The van der Waals surface area contributed by atoms with Crippen LogP contribution in [-0.4, -0.2) is 45.6 Å². The molecule has 0 radical (unpaired) electrons. The fourth-order valence-electron chi connectivity index (χ4n) is 3.09. The van der Waals surface area contributed by atoms with E-state index in [4.69, 9.17) is 0 Å². The zero-order valence-corrected chi connectivity index (χ0v) is 18.0. The van der Waals surface area contributed by atoms with E-state index in [1.807, 2.05) is 56.3 Å². The van der Waals surface area contributed by atoms with Crippen molar-refractivity contribution in [3.8, 4) is 0 Å². The molecule has 0 saturated carbocycles. The third kappa shape index (κ3) is 4.79. The summed E-state index contributed by atoms with van der Waals surface area (Å²) in [6.07, 6.45) is 0. The molecule has 29 heavy (non-hydrogen) atoms. The minimum absolute atomic E-state index is 0.0109. The molecule has 3 aromatic rings. The quantitative estimate of drug-likeness (QED) is 0.601. The second-order valence-electron chi connectivity index (χ2n) is 6.96. The minimum Gasteiger partial charge on any atom is -0.336 e. The van der Waals surface area contributed by atoms with Gasteiger partial charge in [-0.2, -0.15) is 0 Å². The molecule has 1 heterocycles. The molecule has 6 nitrogen and oxygen atoms in total. The molecule has 2 amide bonds. The summed E-state index contributed by atoms with van der Waals surface area (Å²) in [6.45, 7) is 6.82. The van der Waals surface area contributed by atoms with Gasteiger partial charge in [-0.05, 0) is 50.1 Å². The first-order valence-corrected chi connectivity index (χ1v) is 10.6. The molecule has 152 valence electrons. The zero-order chi connectivity index (χ0) is 21.0. The van der Waals surface area contributed by atoms with Crippen LogP contribution in [0.4, 0.5) is 5.69 Å². The monoisotopic (exact) mass is 410 g/mol. The van der Waals surface area contributed by atoms with E-state index >= 15 is 0 Å². The molecule has 2 aromatic carbocycles. The van der Waals surface area contributed by atoms with Gasteiger partial charge in [0.05, 0.1) is 23.3 Å². The highest BCUT2D eigenvalue weighted by molar-refractivity contribution is 7.99. The van der Waals surface area contributed by atoms with Crippen LogP contribution in [0.5, 0.6) is 0 Å². The summed E-state index contributed by atoms with van der Waals surface area (Å²) < 4.78 is 2.10. The van der Waals surface area contributed by atoms with Crippen LogP contribution in [0, 0.1) is 13.8 Å². The number of fused-ring (bicyclic) bond motifs is 1. The Morgan fingerprint density at radius 2 is 1.90 bits per heavy atom. The lowest BCUT2D eigenvalue weighted by Gasteiger charge is -2.17. The van der Waals surface area contributed by atoms with Crippen molar-refractivity contribution in [1.29, 1.82) is 0 Å². The van der Waals surface area contributed by atoms with Crippen molar-refractivity contribution in [2.45, 2.75) is 32.5 Å². The smallest absolute Gasteiger partial charge is 0.243 e. The number of carbonyl (C=O) groups is 2. The number of nitrogens with one attached hydrogen (secondary N) is 1. The lowest BCUT2D eigenvalue weighted by Crippen LogP contribution is -2.36. The number of aromatic nitrogens is 2. The van der Waals surface area contributed by atoms with Crippen LogP contribution in [0.2, 0.25) is 0 Å². The first-order valence-electron chi connectivity index (χ1n) is 9.58. The molecular formula is C22H26N4O2S. The van der Waals surface area contributed by atoms with Gasteiger partial charge >= 0.3 is 0 Å². The van der Waals surface area contributed by atoms with Crippen molar-refractivity contribution in [2.75, 3.05) is 24.7 Å². The third-order valence-corrected chi connectivity index (χ3v) is 5.91. The number of amides is 2. The van der Waals surface area contributed by atoms with Gasteiger partial charge in [-0.3, -0.25) is 9.59 Å². The van der Waals surface area contributed by atoms with Gasteiger partial charge in [0, 0.05) is 19.3 Å². The van der Waals surface area contributed by atoms with Crippen molar-refractivity contribution >= 4 is 40.3 Å². The van der Waals surface area contributed by atoms with Crippen molar-refractivity contribution in [3.63, 3.8) is 0 Å². The van der Waals surface area contributed by atoms with Crippen LogP contribution in [-0.2, 0) is 16.1 Å². The van der Waals surface area contributed by atoms with E-state index < -0.39 is 0 Å². The highest BCUT2D eigenvalue weighted by Gasteiger charge is 2.16. The second-order valence-corrected chi connectivity index (χ2v) is 7.90. The summed E-state index contributed by atoms with van der Waals surface area (Å²) in [7, 11) is 1.65. The Morgan fingerprint density at radius 3 is 2.66 bits per heavy atom. The minimum atomic E-state index is -0.208. The number of nitrogens with zero attached hydrogens (tertiary/aromatic N) is 3. The van der Waals surface area contributed by atoms with Gasteiger partial charge in [0.1, 0.15) is 0 Å². The third-order valence-electron chi connectivity index (χ3n) is 4.95. The van der Waals surface area contributed by atoms with E-state index in [0.29, 0.717) is 0 Å². The maximum atomic E-state index is 12.5. The van der Waals surface area contributed by atoms with Crippen LogP contribution >= 0.6 is 11.8 Å². The van der Waals surface area contributed by atoms with Crippen molar-refractivity contribution in [3.05, 3.63) is 53.6 Å². The van der Waals surface area contributed by atoms with E-state index in [2.05, 4.69) is 21.8 Å². The fraction of sp³-hybridized carbons (Fsp3) is 0.318. The number of para-hydroxylation sites is 2. The van der Waals surface area contributed by atoms with Gasteiger partial charge in [-0.25, -0.2) is 4.98 Å². The maximum absolute atomic E-state index is 12.5. The standard InChI is InChI=1S/C22H26N4O2S/c1-5-26-19-12-7-6-10-18(19)24-22(26)29-14-21(28)25(4)13-20(27)23-17-11-8-9-15(2)16(17)3/h6-12H,5,13-14H2,1-4H3,(H,23,27). The topological polar surface area (TPSA) is 67.2 Å². The number of hydrogen-bond donors (Lipinski definition) is 1. The molecule has 0 spiro atoms. The van der Waals surface area contributed by atoms with Gasteiger partial charge in [-0.15, -0.1) is 0 Å². The maximum Gasteiger partial charge on any atom is 0.243 e.